The molecule has 0 saturated heterocycles. The molecule has 0 aliphatic rings. The minimum Gasteiger partial charge on any atom is -0.495 e. The van der Waals surface area contributed by atoms with Gasteiger partial charge in [0.25, 0.3) is 16.4 Å². The Balaban J connectivity index is 3.65. The highest BCUT2D eigenvalue weighted by Gasteiger charge is 2.28. The molecule has 5 nitrogen and oxygen atoms in total. The van der Waals surface area contributed by atoms with Crippen molar-refractivity contribution in [1.29, 1.82) is 0 Å². The Morgan fingerprint density at radius 2 is 2.12 bits per heavy atom. The summed E-state index contributed by atoms with van der Waals surface area (Å²) < 4.78 is 52.0. The van der Waals surface area contributed by atoms with Crippen LogP contribution in [0.4, 0.5) is 8.78 Å². The fourth-order valence-corrected chi connectivity index (χ4v) is 2.01. The molecule has 0 fully saturated rings. The summed E-state index contributed by atoms with van der Waals surface area (Å²) in [6.07, 6.45) is -2.24. The molecular weight excluding hydrogens is 266 g/mol. The first-order valence-corrected chi connectivity index (χ1v) is 5.74. The molecule has 0 bridgehead atoms. The summed E-state index contributed by atoms with van der Waals surface area (Å²) in [5, 5.41) is 3.59. The second-order valence-electron chi connectivity index (χ2n) is 2.70. The van der Waals surface area contributed by atoms with E-state index in [9.17, 15) is 17.2 Å². The lowest BCUT2D eigenvalue weighted by Crippen LogP contribution is -2.17. The van der Waals surface area contributed by atoms with Crippen molar-refractivity contribution in [2.75, 3.05) is 7.11 Å². The molecule has 0 unspecified atom stereocenters. The van der Waals surface area contributed by atoms with Gasteiger partial charge in [0.15, 0.2) is 10.8 Å². The van der Waals surface area contributed by atoms with Crippen LogP contribution in [-0.2, 0) is 10.0 Å². The molecule has 0 atom stereocenters. The molecule has 1 heterocycles. The highest BCUT2D eigenvalue weighted by Crippen LogP contribution is 2.37. The van der Waals surface area contributed by atoms with Crippen LogP contribution in [0.15, 0.2) is 11.2 Å². The van der Waals surface area contributed by atoms with Gasteiger partial charge in [0.2, 0.25) is 0 Å². The molecule has 0 aromatic carbocycles. The standard InChI is InChI=1S/C7H7ClF2N2O3S/c1-15-5-3(8)2-12-7(16(11,13)14)4(5)6(9)10/h2,6H,1H3,(H2,11,13,14). The van der Waals surface area contributed by atoms with E-state index in [2.05, 4.69) is 9.72 Å². The van der Waals surface area contributed by atoms with Gasteiger partial charge < -0.3 is 4.74 Å². The number of nitrogens with zero attached hydrogens (tertiary/aromatic N) is 1. The van der Waals surface area contributed by atoms with Crippen LogP contribution in [0.1, 0.15) is 12.0 Å². The molecule has 1 aromatic rings. The first-order valence-electron chi connectivity index (χ1n) is 3.82. The minimum atomic E-state index is -4.36. The van der Waals surface area contributed by atoms with Crippen LogP contribution in [0.2, 0.25) is 5.02 Å². The Labute approximate surface area is 95.2 Å². The number of sulfonamides is 1. The summed E-state index contributed by atoms with van der Waals surface area (Å²) >= 11 is 5.54. The van der Waals surface area contributed by atoms with Crippen molar-refractivity contribution in [3.05, 3.63) is 16.8 Å². The zero-order valence-corrected chi connectivity index (χ0v) is 9.52. The summed E-state index contributed by atoms with van der Waals surface area (Å²) in [5.41, 5.74) is -0.933. The van der Waals surface area contributed by atoms with Crippen molar-refractivity contribution in [2.24, 2.45) is 5.14 Å². The van der Waals surface area contributed by atoms with Gasteiger partial charge in [0.05, 0.1) is 13.3 Å². The largest absolute Gasteiger partial charge is 0.495 e. The maximum absolute atomic E-state index is 12.7. The van der Waals surface area contributed by atoms with Crippen LogP contribution < -0.4 is 9.88 Å². The smallest absolute Gasteiger partial charge is 0.270 e. The highest BCUT2D eigenvalue weighted by atomic mass is 35.5. The minimum absolute atomic E-state index is 0.217. The average molecular weight is 273 g/mol. The topological polar surface area (TPSA) is 82.3 Å². The first-order chi connectivity index (χ1) is 7.29. The van der Waals surface area contributed by atoms with E-state index in [1.165, 1.54) is 0 Å². The molecule has 0 aliphatic heterocycles. The Bertz CT molecular complexity index is 507. The number of primary sulfonamides is 1. The lowest BCUT2D eigenvalue weighted by molar-refractivity contribution is 0.142. The number of nitrogens with two attached hydrogens (primary N) is 1. The van der Waals surface area contributed by atoms with Gasteiger partial charge in [-0.1, -0.05) is 11.6 Å². The Morgan fingerprint density at radius 3 is 2.50 bits per heavy atom. The van der Waals surface area contributed by atoms with Gasteiger partial charge in [-0.3, -0.25) is 0 Å². The molecule has 2 N–H and O–H groups in total. The summed E-state index contributed by atoms with van der Waals surface area (Å²) in [5.74, 6) is -0.448. The second-order valence-corrected chi connectivity index (χ2v) is 4.59. The van der Waals surface area contributed by atoms with E-state index in [-0.39, 0.29) is 5.02 Å². The zero-order valence-electron chi connectivity index (χ0n) is 7.95. The fourth-order valence-electron chi connectivity index (χ4n) is 1.10. The number of rotatable bonds is 3. The molecule has 9 heteroatoms. The predicted molar refractivity (Wildman–Crippen MR) is 52.1 cm³/mol. The van der Waals surface area contributed by atoms with Crippen LogP contribution in [0, 0.1) is 0 Å². The van der Waals surface area contributed by atoms with Gasteiger partial charge >= 0.3 is 0 Å². The highest BCUT2D eigenvalue weighted by molar-refractivity contribution is 7.89. The maximum atomic E-state index is 12.7. The fraction of sp³-hybridized carbons (Fsp3) is 0.286. The van der Waals surface area contributed by atoms with Crippen molar-refractivity contribution in [3.8, 4) is 5.75 Å². The maximum Gasteiger partial charge on any atom is 0.270 e. The van der Waals surface area contributed by atoms with Gasteiger partial charge in [0.1, 0.15) is 10.6 Å². The number of aromatic nitrogens is 1. The van der Waals surface area contributed by atoms with Gasteiger partial charge in [-0.25, -0.2) is 27.3 Å². The molecule has 0 radical (unpaired) electrons. The van der Waals surface area contributed by atoms with Crippen molar-refractivity contribution in [2.45, 2.75) is 11.5 Å². The van der Waals surface area contributed by atoms with E-state index in [0.717, 1.165) is 13.3 Å². The number of halogens is 3. The molecular formula is C7H7ClF2N2O3S. The van der Waals surface area contributed by atoms with E-state index in [0.29, 0.717) is 0 Å². The second kappa shape index (κ2) is 4.48. The third kappa shape index (κ3) is 2.39. The lowest BCUT2D eigenvalue weighted by Gasteiger charge is -2.12. The van der Waals surface area contributed by atoms with E-state index >= 15 is 0 Å². The number of hydrogen-bond acceptors (Lipinski definition) is 4. The summed E-state index contributed by atoms with van der Waals surface area (Å²) in [7, 11) is -3.27. The number of ether oxygens (including phenoxy) is 1. The van der Waals surface area contributed by atoms with Crippen LogP contribution in [0.5, 0.6) is 5.75 Å². The zero-order chi connectivity index (χ0) is 12.5. The van der Waals surface area contributed by atoms with E-state index in [4.69, 9.17) is 16.7 Å². The number of pyridine rings is 1. The number of hydrogen-bond donors (Lipinski definition) is 1. The lowest BCUT2D eigenvalue weighted by atomic mass is 10.2. The Morgan fingerprint density at radius 1 is 1.56 bits per heavy atom. The van der Waals surface area contributed by atoms with Crippen molar-refractivity contribution < 1.29 is 21.9 Å². The van der Waals surface area contributed by atoms with Gasteiger partial charge in [-0.05, 0) is 0 Å². The van der Waals surface area contributed by atoms with Crippen LogP contribution >= 0.6 is 11.6 Å². The van der Waals surface area contributed by atoms with Crippen molar-refractivity contribution in [3.63, 3.8) is 0 Å². The molecule has 16 heavy (non-hydrogen) atoms. The number of methoxy groups -OCH3 is 1. The summed E-state index contributed by atoms with van der Waals surface area (Å²) in [6.45, 7) is 0. The molecule has 90 valence electrons. The van der Waals surface area contributed by atoms with E-state index in [1.54, 1.807) is 0 Å². The summed E-state index contributed by atoms with van der Waals surface area (Å²) in [6, 6.07) is 0. The van der Waals surface area contributed by atoms with E-state index < -0.39 is 32.8 Å². The van der Waals surface area contributed by atoms with Gasteiger partial charge in [-0.15, -0.1) is 0 Å². The predicted octanol–water partition coefficient (Wildman–Crippen LogP) is 1.33. The van der Waals surface area contributed by atoms with Crippen LogP contribution in [0.25, 0.3) is 0 Å². The first kappa shape index (κ1) is 13.1. The summed E-state index contributed by atoms with van der Waals surface area (Å²) in [4.78, 5) is 3.27. The third-order valence-corrected chi connectivity index (χ3v) is 2.81. The van der Waals surface area contributed by atoms with Crippen LogP contribution in [-0.4, -0.2) is 20.5 Å². The quantitative estimate of drug-likeness (QED) is 0.900. The van der Waals surface area contributed by atoms with Gasteiger partial charge in [0, 0.05) is 0 Å². The SMILES string of the molecule is COc1c(Cl)cnc(S(N)(=O)=O)c1C(F)F. The molecule has 1 rings (SSSR count). The molecule has 0 aliphatic carbocycles. The molecule has 1 aromatic heterocycles. The molecule has 0 amide bonds. The Kier molecular flexibility index (Phi) is 3.66. The van der Waals surface area contributed by atoms with Crippen molar-refractivity contribution in [1.82, 2.24) is 4.98 Å². The molecule has 0 saturated carbocycles. The number of alkyl halides is 2. The Hall–Kier alpha value is -0.990. The van der Waals surface area contributed by atoms with Gasteiger partial charge in [-0.2, -0.15) is 0 Å². The monoisotopic (exact) mass is 272 g/mol. The average Bonchev–Trinajstić information content (AvgIpc) is 2.14. The van der Waals surface area contributed by atoms with E-state index in [1.807, 2.05) is 0 Å². The normalized spacial score (nSPS) is 11.9. The van der Waals surface area contributed by atoms with Crippen molar-refractivity contribution >= 4 is 21.6 Å². The van der Waals surface area contributed by atoms with Crippen LogP contribution in [0.3, 0.4) is 0 Å². The molecule has 0 spiro atoms. The third-order valence-electron chi connectivity index (χ3n) is 1.68.